The van der Waals surface area contributed by atoms with Gasteiger partial charge in [0.2, 0.25) is 5.88 Å². The van der Waals surface area contributed by atoms with E-state index < -0.39 is 0 Å². The highest BCUT2D eigenvalue weighted by molar-refractivity contribution is 5.94. The standard InChI is InChI=1S/C35H44N8O4/c1-21(26-8-6-16-42(26)3)46-28-19-27(43-17-12-23(20-43)34(44)38-15-18-45-4)39-33(40-28)30-24-7-5-13-35(32(24)47-41-30)14-11-22-9-10-25(36)31(37-2)29(22)35/h9-10,12,17,19-21,26,37H,5-8,11,13-16,18,36H2,1-4H3,(H,38,44). The lowest BCUT2D eigenvalue weighted by Gasteiger charge is -2.34. The van der Waals surface area contributed by atoms with Gasteiger partial charge in [0, 0.05) is 50.8 Å². The number of nitrogens with one attached hydrogen (secondary N) is 2. The van der Waals surface area contributed by atoms with Crippen LogP contribution in [0.1, 0.15) is 71.8 Å². The molecule has 7 rings (SSSR count). The number of methoxy groups -OCH3 is 1. The summed E-state index contributed by atoms with van der Waals surface area (Å²) in [5.74, 6) is 2.17. The van der Waals surface area contributed by atoms with E-state index in [0.717, 1.165) is 74.2 Å². The molecule has 248 valence electrons. The molecule has 0 saturated carbocycles. The van der Waals surface area contributed by atoms with Crippen LogP contribution in [0.5, 0.6) is 5.88 Å². The number of carbonyl (C=O) groups is 1. The molecule has 47 heavy (non-hydrogen) atoms. The Bertz CT molecular complexity index is 1780. The van der Waals surface area contributed by atoms with Gasteiger partial charge in [-0.25, -0.2) is 4.98 Å². The lowest BCUT2D eigenvalue weighted by atomic mass is 9.69. The predicted molar refractivity (Wildman–Crippen MR) is 179 cm³/mol. The number of ether oxygens (including phenoxy) is 2. The van der Waals surface area contributed by atoms with Crippen LogP contribution in [0.4, 0.5) is 11.4 Å². The van der Waals surface area contributed by atoms with Crippen LogP contribution < -0.4 is 21.1 Å². The highest BCUT2D eigenvalue weighted by atomic mass is 16.5. The lowest BCUT2D eigenvalue weighted by molar-refractivity contribution is 0.0937. The van der Waals surface area contributed by atoms with Gasteiger partial charge < -0.3 is 34.9 Å². The second kappa shape index (κ2) is 12.6. The Morgan fingerprint density at radius 3 is 2.87 bits per heavy atom. The zero-order chi connectivity index (χ0) is 32.7. The highest BCUT2D eigenvalue weighted by Crippen LogP contribution is 2.55. The average Bonchev–Trinajstić information content (AvgIpc) is 3.88. The number of fused-ring (bicyclic) bond motifs is 4. The van der Waals surface area contributed by atoms with Crippen molar-refractivity contribution in [3.05, 3.63) is 64.7 Å². The van der Waals surface area contributed by atoms with Gasteiger partial charge in [0.1, 0.15) is 11.9 Å². The summed E-state index contributed by atoms with van der Waals surface area (Å²) in [7, 11) is 5.67. The number of likely N-dealkylation sites (tertiary alicyclic amines) is 1. The third-order valence-electron chi connectivity index (χ3n) is 10.3. The molecule has 1 fully saturated rings. The van der Waals surface area contributed by atoms with Crippen molar-refractivity contribution in [2.24, 2.45) is 0 Å². The molecule has 12 heteroatoms. The Kier molecular flexibility index (Phi) is 8.39. The molecule has 1 aromatic carbocycles. The molecule has 3 aliphatic rings. The summed E-state index contributed by atoms with van der Waals surface area (Å²) in [6, 6.07) is 8.02. The van der Waals surface area contributed by atoms with Gasteiger partial charge in [0.25, 0.3) is 5.91 Å². The molecule has 3 unspecified atom stereocenters. The van der Waals surface area contributed by atoms with E-state index in [1.807, 2.05) is 29.9 Å². The zero-order valence-corrected chi connectivity index (χ0v) is 27.6. The fourth-order valence-corrected chi connectivity index (χ4v) is 7.96. The summed E-state index contributed by atoms with van der Waals surface area (Å²) in [5.41, 5.74) is 12.6. The monoisotopic (exact) mass is 640 g/mol. The van der Waals surface area contributed by atoms with Gasteiger partial charge in [-0.1, -0.05) is 11.2 Å². The number of nitrogens with zero attached hydrogens (tertiary/aromatic N) is 5. The first kappa shape index (κ1) is 31.2. The number of hydrogen-bond donors (Lipinski definition) is 3. The molecule has 3 aromatic heterocycles. The fraction of sp³-hybridized carbons (Fsp3) is 0.486. The number of benzene rings is 1. The first-order valence-corrected chi connectivity index (χ1v) is 16.6. The molecule has 1 spiro atoms. The Balaban J connectivity index is 1.29. The van der Waals surface area contributed by atoms with Crippen LogP contribution in [-0.4, -0.2) is 83.5 Å². The molecule has 0 radical (unpaired) electrons. The van der Waals surface area contributed by atoms with Crippen LogP contribution in [0.3, 0.4) is 0 Å². The Labute approximate surface area is 275 Å². The van der Waals surface area contributed by atoms with Gasteiger partial charge in [-0.2, -0.15) is 4.98 Å². The van der Waals surface area contributed by atoms with Crippen LogP contribution in [-0.2, 0) is 23.0 Å². The Morgan fingerprint density at radius 1 is 1.21 bits per heavy atom. The third-order valence-corrected chi connectivity index (χ3v) is 10.3. The summed E-state index contributed by atoms with van der Waals surface area (Å²) < 4.78 is 19.7. The number of nitrogens with two attached hydrogens (primary N) is 1. The van der Waals surface area contributed by atoms with Crippen LogP contribution in [0.2, 0.25) is 0 Å². The largest absolute Gasteiger partial charge is 0.473 e. The molecule has 1 saturated heterocycles. The van der Waals surface area contributed by atoms with Crippen molar-refractivity contribution in [2.75, 3.05) is 52.0 Å². The van der Waals surface area contributed by atoms with Crippen molar-refractivity contribution < 1.29 is 18.8 Å². The molecular weight excluding hydrogens is 596 g/mol. The number of nitrogen functional groups attached to an aromatic ring is 1. The van der Waals surface area contributed by atoms with E-state index in [-0.39, 0.29) is 17.4 Å². The number of amides is 1. The number of likely N-dealkylation sites (N-methyl/N-ethyl adjacent to an activating group) is 1. The summed E-state index contributed by atoms with van der Waals surface area (Å²) in [4.78, 5) is 25.0. The van der Waals surface area contributed by atoms with Gasteiger partial charge in [0.05, 0.1) is 29.0 Å². The van der Waals surface area contributed by atoms with Gasteiger partial charge >= 0.3 is 0 Å². The van der Waals surface area contributed by atoms with Crippen LogP contribution >= 0.6 is 0 Å². The average molecular weight is 641 g/mol. The maximum absolute atomic E-state index is 12.8. The van der Waals surface area contributed by atoms with Crippen molar-refractivity contribution in [3.8, 4) is 23.2 Å². The van der Waals surface area contributed by atoms with Crippen LogP contribution in [0, 0.1) is 0 Å². The van der Waals surface area contributed by atoms with Crippen molar-refractivity contribution in [3.63, 3.8) is 0 Å². The van der Waals surface area contributed by atoms with E-state index >= 15 is 0 Å². The summed E-state index contributed by atoms with van der Waals surface area (Å²) in [6.45, 7) is 4.01. The van der Waals surface area contributed by atoms with Gasteiger partial charge in [-0.05, 0) is 88.7 Å². The van der Waals surface area contributed by atoms with Crippen molar-refractivity contribution in [2.45, 2.75) is 69.4 Å². The number of hydrogen-bond acceptors (Lipinski definition) is 10. The molecule has 12 nitrogen and oxygen atoms in total. The molecule has 4 N–H and O–H groups in total. The summed E-state index contributed by atoms with van der Waals surface area (Å²) in [5, 5.41) is 10.9. The number of anilines is 2. The maximum atomic E-state index is 12.8. The molecule has 2 aliphatic carbocycles. The van der Waals surface area contributed by atoms with Gasteiger partial charge in [-0.15, -0.1) is 0 Å². The smallest absolute Gasteiger partial charge is 0.252 e. The molecular formula is C35H44N8O4. The predicted octanol–water partition coefficient (Wildman–Crippen LogP) is 4.35. The molecule has 4 aromatic rings. The number of carbonyl (C=O) groups excluding carboxylic acids is 1. The normalized spacial score (nSPS) is 21.1. The molecule has 3 atom stereocenters. The number of rotatable bonds is 10. The molecule has 0 bridgehead atoms. The van der Waals surface area contributed by atoms with Crippen LogP contribution in [0.25, 0.3) is 17.3 Å². The molecule has 4 heterocycles. The summed E-state index contributed by atoms with van der Waals surface area (Å²) in [6.07, 6.45) is 10.3. The van der Waals surface area contributed by atoms with E-state index in [1.54, 1.807) is 19.4 Å². The first-order chi connectivity index (χ1) is 22.8. The fourth-order valence-electron chi connectivity index (χ4n) is 7.96. The first-order valence-electron chi connectivity index (χ1n) is 16.6. The third kappa shape index (κ3) is 5.53. The second-order valence-electron chi connectivity index (χ2n) is 13.0. The van der Waals surface area contributed by atoms with E-state index in [9.17, 15) is 4.79 Å². The minimum atomic E-state index is -0.314. The van der Waals surface area contributed by atoms with Crippen LogP contribution in [0.15, 0.2) is 41.2 Å². The van der Waals surface area contributed by atoms with E-state index in [1.165, 1.54) is 11.1 Å². The SMILES string of the molecule is CNc1c(N)ccc2c1C1(CCCc3c(-c4nc(OC(C)C5CCCN5C)cc(-n5ccc(C(=O)NCCOC)c5)n4)noc31)CC2. The van der Waals surface area contributed by atoms with E-state index in [2.05, 4.69) is 40.7 Å². The summed E-state index contributed by atoms with van der Waals surface area (Å²) >= 11 is 0. The van der Waals surface area contributed by atoms with Gasteiger partial charge in [0.15, 0.2) is 17.3 Å². The minimum absolute atomic E-state index is 0.0835. The topological polar surface area (TPSA) is 146 Å². The second-order valence-corrected chi connectivity index (χ2v) is 13.0. The number of aryl methyl sites for hydroxylation is 1. The highest BCUT2D eigenvalue weighted by Gasteiger charge is 2.49. The van der Waals surface area contributed by atoms with Crippen molar-refractivity contribution in [1.82, 2.24) is 29.9 Å². The maximum Gasteiger partial charge on any atom is 0.252 e. The van der Waals surface area contributed by atoms with Crippen molar-refractivity contribution >= 4 is 17.3 Å². The van der Waals surface area contributed by atoms with Gasteiger partial charge in [-0.3, -0.25) is 9.69 Å². The molecule has 1 aliphatic heterocycles. The van der Waals surface area contributed by atoms with E-state index in [4.69, 9.17) is 29.7 Å². The quantitative estimate of drug-likeness (QED) is 0.169. The Hall–Kier alpha value is -4.42. The number of aromatic nitrogens is 4. The van der Waals surface area contributed by atoms with E-state index in [0.29, 0.717) is 48.0 Å². The zero-order valence-electron chi connectivity index (χ0n) is 27.6. The van der Waals surface area contributed by atoms with Crippen molar-refractivity contribution in [1.29, 1.82) is 0 Å². The Morgan fingerprint density at radius 2 is 2.09 bits per heavy atom. The minimum Gasteiger partial charge on any atom is -0.473 e. The lowest BCUT2D eigenvalue weighted by Crippen LogP contribution is -2.38. The molecule has 1 amide bonds.